The van der Waals surface area contributed by atoms with E-state index >= 15 is 0 Å². The van der Waals surface area contributed by atoms with Crippen molar-refractivity contribution in [2.24, 2.45) is 7.05 Å². The third-order valence-corrected chi connectivity index (χ3v) is 3.96. The average molecular weight is 363 g/mol. The molecular formula is C16H15BrN2O3. The van der Waals surface area contributed by atoms with Gasteiger partial charge >= 0.3 is 0 Å². The van der Waals surface area contributed by atoms with Gasteiger partial charge in [-0.1, -0.05) is 0 Å². The molecule has 0 aliphatic carbocycles. The quantitative estimate of drug-likeness (QED) is 0.748. The van der Waals surface area contributed by atoms with Gasteiger partial charge in [0.25, 0.3) is 5.91 Å². The molecule has 2 heterocycles. The van der Waals surface area contributed by atoms with Crippen LogP contribution in [0.3, 0.4) is 0 Å². The van der Waals surface area contributed by atoms with Crippen LogP contribution in [0.2, 0.25) is 0 Å². The van der Waals surface area contributed by atoms with Gasteiger partial charge in [0, 0.05) is 30.7 Å². The van der Waals surface area contributed by atoms with Crippen LogP contribution in [0.15, 0.2) is 45.6 Å². The Balaban J connectivity index is 1.69. The van der Waals surface area contributed by atoms with E-state index in [-0.39, 0.29) is 17.4 Å². The number of benzene rings is 1. The smallest absolute Gasteiger partial charge is 0.287 e. The van der Waals surface area contributed by atoms with Crippen molar-refractivity contribution in [3.8, 4) is 5.75 Å². The molecule has 0 saturated carbocycles. The summed E-state index contributed by atoms with van der Waals surface area (Å²) in [5.41, 5.74) is 2.13. The molecule has 22 heavy (non-hydrogen) atoms. The van der Waals surface area contributed by atoms with Crippen molar-refractivity contribution in [2.45, 2.75) is 6.42 Å². The first-order valence-corrected chi connectivity index (χ1v) is 7.64. The number of rotatable bonds is 4. The van der Waals surface area contributed by atoms with Crippen molar-refractivity contribution in [3.63, 3.8) is 0 Å². The van der Waals surface area contributed by atoms with Gasteiger partial charge in [-0.3, -0.25) is 4.79 Å². The zero-order valence-electron chi connectivity index (χ0n) is 12.0. The number of aromatic hydroxyl groups is 1. The SMILES string of the molecule is Cn1cc(CCNC(=O)c2ccc(Br)o2)c2cc(O)ccc21. The lowest BCUT2D eigenvalue weighted by molar-refractivity contribution is 0.0925. The predicted octanol–water partition coefficient (Wildman–Crippen LogP) is 3.21. The molecule has 0 aliphatic heterocycles. The number of nitrogens with one attached hydrogen (secondary N) is 1. The molecule has 0 unspecified atom stereocenters. The Morgan fingerprint density at radius 1 is 1.36 bits per heavy atom. The number of halogens is 1. The van der Waals surface area contributed by atoms with E-state index in [9.17, 15) is 9.90 Å². The van der Waals surface area contributed by atoms with E-state index in [0.29, 0.717) is 17.6 Å². The van der Waals surface area contributed by atoms with Crippen molar-refractivity contribution >= 4 is 32.7 Å². The molecule has 0 radical (unpaired) electrons. The maximum atomic E-state index is 11.9. The van der Waals surface area contributed by atoms with Gasteiger partial charge in [-0.05, 0) is 58.2 Å². The number of hydrogen-bond donors (Lipinski definition) is 2. The number of phenolic OH excluding ortho intramolecular Hbond substituents is 1. The first kappa shape index (κ1) is 14.7. The lowest BCUT2D eigenvalue weighted by Crippen LogP contribution is -2.25. The standard InChI is InChI=1S/C16H15BrN2O3/c1-19-9-10(12-8-11(20)2-3-13(12)19)6-7-18-16(21)14-4-5-15(17)22-14/h2-5,8-9,20H,6-7H2,1H3,(H,18,21). The molecule has 1 amide bonds. The average Bonchev–Trinajstić information content (AvgIpc) is 3.04. The van der Waals surface area contributed by atoms with Crippen LogP contribution in [0.25, 0.3) is 10.9 Å². The number of hydrogen-bond acceptors (Lipinski definition) is 3. The predicted molar refractivity (Wildman–Crippen MR) is 87.0 cm³/mol. The van der Waals surface area contributed by atoms with E-state index < -0.39 is 0 Å². The molecule has 2 aromatic heterocycles. The van der Waals surface area contributed by atoms with Gasteiger partial charge in [-0.15, -0.1) is 0 Å². The molecule has 1 aromatic carbocycles. The van der Waals surface area contributed by atoms with Gasteiger partial charge in [0.05, 0.1) is 0 Å². The number of fused-ring (bicyclic) bond motifs is 1. The minimum atomic E-state index is -0.242. The molecule has 3 rings (SSSR count). The third kappa shape index (κ3) is 2.87. The number of aromatic nitrogens is 1. The normalized spacial score (nSPS) is 11.0. The molecular weight excluding hydrogens is 348 g/mol. The van der Waals surface area contributed by atoms with E-state index in [0.717, 1.165) is 16.5 Å². The summed E-state index contributed by atoms with van der Waals surface area (Å²) in [6, 6.07) is 8.60. The largest absolute Gasteiger partial charge is 0.508 e. The highest BCUT2D eigenvalue weighted by Crippen LogP contribution is 2.25. The number of phenols is 1. The van der Waals surface area contributed by atoms with Gasteiger partial charge in [0.15, 0.2) is 10.4 Å². The Labute approximate surface area is 135 Å². The number of aryl methyl sites for hydroxylation is 1. The molecule has 6 heteroatoms. The van der Waals surface area contributed by atoms with Crippen LogP contribution >= 0.6 is 15.9 Å². The van der Waals surface area contributed by atoms with Crippen molar-refractivity contribution in [3.05, 3.63) is 52.5 Å². The number of furan rings is 1. The fourth-order valence-corrected chi connectivity index (χ4v) is 2.80. The minimum Gasteiger partial charge on any atom is -0.508 e. The summed E-state index contributed by atoms with van der Waals surface area (Å²) in [5.74, 6) is 0.278. The molecule has 0 spiro atoms. The number of amides is 1. The highest BCUT2D eigenvalue weighted by Gasteiger charge is 2.11. The maximum Gasteiger partial charge on any atom is 0.287 e. The number of carbonyl (C=O) groups excluding carboxylic acids is 1. The second-order valence-electron chi connectivity index (χ2n) is 5.08. The summed E-state index contributed by atoms with van der Waals surface area (Å²) in [5, 5.41) is 13.5. The van der Waals surface area contributed by atoms with Crippen LogP contribution < -0.4 is 5.32 Å². The van der Waals surface area contributed by atoms with Crippen molar-refractivity contribution in [2.75, 3.05) is 6.54 Å². The lowest BCUT2D eigenvalue weighted by Gasteiger charge is -2.03. The molecule has 0 fully saturated rings. The van der Waals surface area contributed by atoms with Crippen LogP contribution in [-0.2, 0) is 13.5 Å². The Hall–Kier alpha value is -2.21. The molecule has 0 bridgehead atoms. The summed E-state index contributed by atoms with van der Waals surface area (Å²) in [7, 11) is 1.96. The van der Waals surface area contributed by atoms with Crippen LogP contribution in [0.1, 0.15) is 16.1 Å². The zero-order chi connectivity index (χ0) is 15.7. The molecule has 0 atom stereocenters. The highest BCUT2D eigenvalue weighted by molar-refractivity contribution is 9.10. The second kappa shape index (κ2) is 5.88. The maximum absolute atomic E-state index is 11.9. The molecule has 0 aliphatic rings. The van der Waals surface area contributed by atoms with E-state index in [1.807, 2.05) is 23.9 Å². The zero-order valence-corrected chi connectivity index (χ0v) is 13.6. The summed E-state index contributed by atoms with van der Waals surface area (Å²) in [4.78, 5) is 11.9. The first-order valence-electron chi connectivity index (χ1n) is 6.85. The number of carbonyl (C=O) groups is 1. The van der Waals surface area contributed by atoms with Crippen molar-refractivity contribution < 1.29 is 14.3 Å². The van der Waals surface area contributed by atoms with E-state index in [2.05, 4.69) is 21.2 Å². The Morgan fingerprint density at radius 2 is 2.18 bits per heavy atom. The second-order valence-corrected chi connectivity index (χ2v) is 5.86. The third-order valence-electron chi connectivity index (χ3n) is 3.53. The summed E-state index contributed by atoms with van der Waals surface area (Å²) < 4.78 is 7.74. The van der Waals surface area contributed by atoms with Crippen LogP contribution in [-0.4, -0.2) is 22.1 Å². The molecule has 0 saturated heterocycles. The summed E-state index contributed by atoms with van der Waals surface area (Å²) in [6.45, 7) is 0.492. The first-order chi connectivity index (χ1) is 10.5. The summed E-state index contributed by atoms with van der Waals surface area (Å²) >= 11 is 3.17. The van der Waals surface area contributed by atoms with Crippen molar-refractivity contribution in [1.82, 2.24) is 9.88 Å². The molecule has 114 valence electrons. The fourth-order valence-electron chi connectivity index (χ4n) is 2.49. The Bertz CT molecular complexity index is 835. The Morgan fingerprint density at radius 3 is 2.91 bits per heavy atom. The molecule has 2 N–H and O–H groups in total. The lowest BCUT2D eigenvalue weighted by atomic mass is 10.1. The van der Waals surface area contributed by atoms with Gasteiger partial charge in [-0.2, -0.15) is 0 Å². The van der Waals surface area contributed by atoms with Crippen LogP contribution in [0.4, 0.5) is 0 Å². The topological polar surface area (TPSA) is 67.4 Å². The van der Waals surface area contributed by atoms with Gasteiger partial charge in [-0.25, -0.2) is 0 Å². The number of nitrogens with zero attached hydrogens (tertiary/aromatic N) is 1. The minimum absolute atomic E-state index is 0.240. The van der Waals surface area contributed by atoms with Crippen LogP contribution in [0, 0.1) is 0 Å². The molecule has 5 nitrogen and oxygen atoms in total. The fraction of sp³-hybridized carbons (Fsp3) is 0.188. The molecule has 3 aromatic rings. The monoisotopic (exact) mass is 362 g/mol. The Kier molecular flexibility index (Phi) is 3.94. The highest BCUT2D eigenvalue weighted by atomic mass is 79.9. The van der Waals surface area contributed by atoms with Gasteiger partial charge in [0.1, 0.15) is 5.75 Å². The van der Waals surface area contributed by atoms with E-state index in [1.165, 1.54) is 0 Å². The summed E-state index contributed by atoms with van der Waals surface area (Å²) in [6.07, 6.45) is 2.69. The van der Waals surface area contributed by atoms with Crippen molar-refractivity contribution in [1.29, 1.82) is 0 Å². The van der Waals surface area contributed by atoms with Crippen LogP contribution in [0.5, 0.6) is 5.75 Å². The van der Waals surface area contributed by atoms with Gasteiger partial charge < -0.3 is 19.4 Å². The van der Waals surface area contributed by atoms with Gasteiger partial charge in [0.2, 0.25) is 0 Å². The van der Waals surface area contributed by atoms with E-state index in [4.69, 9.17) is 4.42 Å². The van der Waals surface area contributed by atoms with E-state index in [1.54, 1.807) is 24.3 Å².